The van der Waals surface area contributed by atoms with Crippen LogP contribution in [-0.4, -0.2) is 24.9 Å². The molecule has 0 aliphatic carbocycles. The van der Waals surface area contributed by atoms with E-state index in [2.05, 4.69) is 5.32 Å². The first kappa shape index (κ1) is 17.5. The number of hydrogen-bond acceptors (Lipinski definition) is 2. The fourth-order valence-electron chi connectivity index (χ4n) is 3.02. The highest BCUT2D eigenvalue weighted by Gasteiger charge is 2.34. The summed E-state index contributed by atoms with van der Waals surface area (Å²) < 4.78 is 0. The van der Waals surface area contributed by atoms with Gasteiger partial charge in [0.15, 0.2) is 0 Å². The molecule has 4 nitrogen and oxygen atoms in total. The molecule has 1 saturated heterocycles. The summed E-state index contributed by atoms with van der Waals surface area (Å²) in [7, 11) is 0. The molecule has 1 unspecified atom stereocenters. The molecule has 1 aliphatic rings. The van der Waals surface area contributed by atoms with Gasteiger partial charge in [-0.15, -0.1) is 0 Å². The quantitative estimate of drug-likeness (QED) is 0.893. The van der Waals surface area contributed by atoms with Gasteiger partial charge in [0.2, 0.25) is 11.8 Å². The van der Waals surface area contributed by atoms with Crippen molar-refractivity contribution in [2.45, 2.75) is 19.8 Å². The van der Waals surface area contributed by atoms with Gasteiger partial charge in [-0.1, -0.05) is 47.5 Å². The van der Waals surface area contributed by atoms with E-state index in [1.165, 1.54) is 0 Å². The summed E-state index contributed by atoms with van der Waals surface area (Å²) in [6.45, 7) is 2.95. The largest absolute Gasteiger partial charge is 0.355 e. The maximum atomic E-state index is 12.4. The van der Waals surface area contributed by atoms with Crippen molar-refractivity contribution in [1.29, 1.82) is 0 Å². The number of anilines is 1. The van der Waals surface area contributed by atoms with Crippen LogP contribution in [0, 0.1) is 12.8 Å². The van der Waals surface area contributed by atoms with Gasteiger partial charge in [0.05, 0.1) is 5.92 Å². The predicted molar refractivity (Wildman–Crippen MR) is 99.8 cm³/mol. The van der Waals surface area contributed by atoms with Gasteiger partial charge in [-0.2, -0.15) is 0 Å². The van der Waals surface area contributed by atoms with E-state index in [0.717, 1.165) is 16.8 Å². The molecule has 3 rings (SSSR count). The number of nitrogens with one attached hydrogen (secondary N) is 1. The van der Waals surface area contributed by atoms with Crippen LogP contribution in [0.2, 0.25) is 5.02 Å². The molecule has 1 heterocycles. The Bertz CT molecular complexity index is 774. The number of nitrogens with zero attached hydrogens (tertiary/aromatic N) is 1. The number of rotatable bonds is 5. The first-order valence-corrected chi connectivity index (χ1v) is 8.80. The number of carbonyl (C=O) groups excluding carboxylic acids is 2. The predicted octanol–water partition coefficient (Wildman–Crippen LogP) is 3.36. The van der Waals surface area contributed by atoms with Gasteiger partial charge in [-0.05, 0) is 37.1 Å². The van der Waals surface area contributed by atoms with Crippen LogP contribution < -0.4 is 10.2 Å². The van der Waals surface area contributed by atoms with Crippen LogP contribution >= 0.6 is 11.6 Å². The molecule has 0 spiro atoms. The minimum Gasteiger partial charge on any atom is -0.355 e. The SMILES string of the molecule is Cc1ccc(N2CC(C(=O)NCCc3ccccc3Cl)CC2=O)cc1. The Morgan fingerprint density at radius 3 is 2.64 bits per heavy atom. The van der Waals surface area contributed by atoms with E-state index in [-0.39, 0.29) is 24.2 Å². The molecule has 1 atom stereocenters. The fraction of sp³-hybridized carbons (Fsp3) is 0.300. The van der Waals surface area contributed by atoms with E-state index in [4.69, 9.17) is 11.6 Å². The van der Waals surface area contributed by atoms with Crippen LogP contribution in [-0.2, 0) is 16.0 Å². The average molecular weight is 357 g/mol. The Morgan fingerprint density at radius 2 is 1.92 bits per heavy atom. The molecule has 0 saturated carbocycles. The molecule has 2 aromatic rings. The molecule has 2 amide bonds. The fourth-order valence-corrected chi connectivity index (χ4v) is 3.25. The first-order valence-electron chi connectivity index (χ1n) is 8.43. The van der Waals surface area contributed by atoms with Crippen LogP contribution in [0.15, 0.2) is 48.5 Å². The van der Waals surface area contributed by atoms with E-state index >= 15 is 0 Å². The molecule has 1 aliphatic heterocycles. The molecule has 0 radical (unpaired) electrons. The monoisotopic (exact) mass is 356 g/mol. The minimum atomic E-state index is -0.306. The van der Waals surface area contributed by atoms with Crippen molar-refractivity contribution in [2.75, 3.05) is 18.0 Å². The summed E-state index contributed by atoms with van der Waals surface area (Å²) in [5.74, 6) is -0.384. The second-order valence-corrected chi connectivity index (χ2v) is 6.78. The van der Waals surface area contributed by atoms with Gasteiger partial charge in [0.1, 0.15) is 0 Å². The number of amides is 2. The molecule has 1 fully saturated rings. The van der Waals surface area contributed by atoms with Crippen molar-refractivity contribution in [2.24, 2.45) is 5.92 Å². The van der Waals surface area contributed by atoms with E-state index < -0.39 is 0 Å². The maximum Gasteiger partial charge on any atom is 0.227 e. The van der Waals surface area contributed by atoms with E-state index in [1.54, 1.807) is 4.90 Å². The van der Waals surface area contributed by atoms with Gasteiger partial charge < -0.3 is 10.2 Å². The molecule has 1 N–H and O–H groups in total. The maximum absolute atomic E-state index is 12.4. The number of carbonyl (C=O) groups is 2. The van der Waals surface area contributed by atoms with Crippen molar-refractivity contribution < 1.29 is 9.59 Å². The zero-order valence-corrected chi connectivity index (χ0v) is 14.9. The third-order valence-corrected chi connectivity index (χ3v) is 4.86. The lowest BCUT2D eigenvalue weighted by Gasteiger charge is -2.17. The normalized spacial score (nSPS) is 17.0. The molecule has 2 aromatic carbocycles. The first-order chi connectivity index (χ1) is 12.0. The lowest BCUT2D eigenvalue weighted by molar-refractivity contribution is -0.126. The lowest BCUT2D eigenvalue weighted by atomic mass is 10.1. The third-order valence-electron chi connectivity index (χ3n) is 4.49. The smallest absolute Gasteiger partial charge is 0.227 e. The van der Waals surface area contributed by atoms with E-state index in [0.29, 0.717) is 24.5 Å². The summed E-state index contributed by atoms with van der Waals surface area (Å²) in [5, 5.41) is 3.63. The van der Waals surface area contributed by atoms with E-state index in [9.17, 15) is 9.59 Å². The Balaban J connectivity index is 1.54. The second-order valence-electron chi connectivity index (χ2n) is 6.37. The average Bonchev–Trinajstić information content (AvgIpc) is 2.99. The Labute approximate surface area is 152 Å². The van der Waals surface area contributed by atoms with Gasteiger partial charge in [-0.25, -0.2) is 0 Å². The summed E-state index contributed by atoms with van der Waals surface area (Å²) >= 11 is 6.12. The van der Waals surface area contributed by atoms with Crippen LogP contribution in [0.4, 0.5) is 5.69 Å². The third kappa shape index (κ3) is 4.20. The molecular formula is C20H21ClN2O2. The van der Waals surface area contributed by atoms with Crippen molar-refractivity contribution in [1.82, 2.24) is 5.32 Å². The molecule has 0 aromatic heterocycles. The summed E-state index contributed by atoms with van der Waals surface area (Å²) in [5.41, 5.74) is 3.00. The van der Waals surface area contributed by atoms with Gasteiger partial charge in [-0.3, -0.25) is 9.59 Å². The molecule has 130 valence electrons. The van der Waals surface area contributed by atoms with Gasteiger partial charge in [0.25, 0.3) is 0 Å². The highest BCUT2D eigenvalue weighted by Crippen LogP contribution is 2.25. The zero-order valence-electron chi connectivity index (χ0n) is 14.2. The molecule has 25 heavy (non-hydrogen) atoms. The zero-order chi connectivity index (χ0) is 17.8. The highest BCUT2D eigenvalue weighted by atomic mass is 35.5. The number of benzene rings is 2. The van der Waals surface area contributed by atoms with Crippen molar-refractivity contribution >= 4 is 29.1 Å². The van der Waals surface area contributed by atoms with Crippen LogP contribution in [0.1, 0.15) is 17.5 Å². The number of hydrogen-bond donors (Lipinski definition) is 1. The summed E-state index contributed by atoms with van der Waals surface area (Å²) in [6.07, 6.45) is 0.930. The summed E-state index contributed by atoms with van der Waals surface area (Å²) in [4.78, 5) is 26.3. The van der Waals surface area contributed by atoms with E-state index in [1.807, 2.05) is 55.5 Å². The van der Waals surface area contributed by atoms with Crippen LogP contribution in [0.3, 0.4) is 0 Å². The lowest BCUT2D eigenvalue weighted by Crippen LogP contribution is -2.34. The molecule has 5 heteroatoms. The molecule has 0 bridgehead atoms. The number of aryl methyl sites for hydroxylation is 1. The number of halogens is 1. The van der Waals surface area contributed by atoms with Crippen molar-refractivity contribution in [3.05, 3.63) is 64.7 Å². The van der Waals surface area contributed by atoms with Gasteiger partial charge >= 0.3 is 0 Å². The van der Waals surface area contributed by atoms with Crippen LogP contribution in [0.25, 0.3) is 0 Å². The van der Waals surface area contributed by atoms with Crippen molar-refractivity contribution in [3.8, 4) is 0 Å². The minimum absolute atomic E-state index is 0.00453. The van der Waals surface area contributed by atoms with Gasteiger partial charge in [0, 0.05) is 30.2 Å². The Kier molecular flexibility index (Phi) is 5.39. The highest BCUT2D eigenvalue weighted by molar-refractivity contribution is 6.31. The summed E-state index contributed by atoms with van der Waals surface area (Å²) in [6, 6.07) is 15.4. The standard InChI is InChI=1S/C20H21ClN2O2/c1-14-6-8-17(9-7-14)23-13-16(12-19(23)24)20(25)22-11-10-15-4-2-3-5-18(15)21/h2-9,16H,10-13H2,1H3,(H,22,25). The Morgan fingerprint density at radius 1 is 1.20 bits per heavy atom. The van der Waals surface area contributed by atoms with Crippen molar-refractivity contribution in [3.63, 3.8) is 0 Å². The second kappa shape index (κ2) is 7.70. The topological polar surface area (TPSA) is 49.4 Å². The Hall–Kier alpha value is -2.33. The molecular weight excluding hydrogens is 336 g/mol. The van der Waals surface area contributed by atoms with Crippen LogP contribution in [0.5, 0.6) is 0 Å².